The Labute approximate surface area is 117 Å². The molecule has 0 amide bonds. The zero-order valence-electron chi connectivity index (χ0n) is 12.2. The van der Waals surface area contributed by atoms with Crippen LogP contribution in [0.4, 0.5) is 0 Å². The Balaban J connectivity index is 1.79. The van der Waals surface area contributed by atoms with Crippen LogP contribution in [0.3, 0.4) is 0 Å². The molecular formula is C16H28N2O. The van der Waals surface area contributed by atoms with E-state index in [0.29, 0.717) is 0 Å². The molecule has 0 saturated heterocycles. The number of nitrogens with zero attached hydrogens (tertiary/aromatic N) is 1. The van der Waals surface area contributed by atoms with Crippen molar-refractivity contribution < 1.29 is 4.74 Å². The average molecular weight is 264 g/mol. The zero-order valence-corrected chi connectivity index (χ0v) is 12.2. The number of hydrogen-bond acceptors (Lipinski definition) is 3. The van der Waals surface area contributed by atoms with Gasteiger partial charge in [0.15, 0.2) is 0 Å². The highest BCUT2D eigenvalue weighted by atomic mass is 16.5. The SMILES string of the molecule is CCCNCCCCCOCCCc1ccncc1. The summed E-state index contributed by atoms with van der Waals surface area (Å²) in [6, 6.07) is 4.15. The summed E-state index contributed by atoms with van der Waals surface area (Å²) in [4.78, 5) is 4.01. The van der Waals surface area contributed by atoms with Crippen LogP contribution in [0.25, 0.3) is 0 Å². The number of aromatic nitrogens is 1. The maximum absolute atomic E-state index is 5.65. The van der Waals surface area contributed by atoms with Gasteiger partial charge < -0.3 is 10.1 Å². The molecule has 19 heavy (non-hydrogen) atoms. The second kappa shape index (κ2) is 12.1. The lowest BCUT2D eigenvalue weighted by atomic mass is 10.1. The second-order valence-electron chi connectivity index (χ2n) is 4.88. The highest BCUT2D eigenvalue weighted by Gasteiger charge is 1.94. The van der Waals surface area contributed by atoms with E-state index in [-0.39, 0.29) is 0 Å². The predicted molar refractivity (Wildman–Crippen MR) is 80.4 cm³/mol. The third kappa shape index (κ3) is 9.62. The molecule has 1 rings (SSSR count). The van der Waals surface area contributed by atoms with Gasteiger partial charge in [0.2, 0.25) is 0 Å². The molecule has 0 aliphatic heterocycles. The lowest BCUT2D eigenvalue weighted by Gasteiger charge is -2.05. The normalized spacial score (nSPS) is 10.8. The summed E-state index contributed by atoms with van der Waals surface area (Å²) in [5.41, 5.74) is 1.35. The minimum Gasteiger partial charge on any atom is -0.381 e. The summed E-state index contributed by atoms with van der Waals surface area (Å²) in [5, 5.41) is 3.42. The Kier molecular flexibility index (Phi) is 10.3. The van der Waals surface area contributed by atoms with Gasteiger partial charge in [0.1, 0.15) is 0 Å². The van der Waals surface area contributed by atoms with E-state index in [4.69, 9.17) is 4.74 Å². The van der Waals surface area contributed by atoms with Crippen molar-refractivity contribution in [2.75, 3.05) is 26.3 Å². The summed E-state index contributed by atoms with van der Waals surface area (Å²) in [7, 11) is 0. The molecule has 0 fully saturated rings. The van der Waals surface area contributed by atoms with Gasteiger partial charge in [-0.3, -0.25) is 4.98 Å². The van der Waals surface area contributed by atoms with E-state index in [1.54, 1.807) is 0 Å². The molecule has 0 spiro atoms. The third-order valence-corrected chi connectivity index (χ3v) is 3.07. The first-order chi connectivity index (χ1) is 9.43. The molecule has 1 aromatic rings. The van der Waals surface area contributed by atoms with Gasteiger partial charge in [-0.05, 0) is 69.3 Å². The van der Waals surface area contributed by atoms with Gasteiger partial charge in [-0.1, -0.05) is 6.92 Å². The molecule has 1 heterocycles. The maximum Gasteiger partial charge on any atom is 0.0469 e. The molecule has 0 unspecified atom stereocenters. The second-order valence-corrected chi connectivity index (χ2v) is 4.88. The minimum atomic E-state index is 0.871. The van der Waals surface area contributed by atoms with Crippen molar-refractivity contribution in [2.24, 2.45) is 0 Å². The van der Waals surface area contributed by atoms with Crippen LogP contribution in [0.2, 0.25) is 0 Å². The van der Waals surface area contributed by atoms with Crippen molar-refractivity contribution in [1.29, 1.82) is 0 Å². The first-order valence-electron chi connectivity index (χ1n) is 7.61. The molecular weight excluding hydrogens is 236 g/mol. The van der Waals surface area contributed by atoms with Crippen LogP contribution < -0.4 is 5.32 Å². The molecule has 0 saturated carbocycles. The van der Waals surface area contributed by atoms with Crippen molar-refractivity contribution in [3.8, 4) is 0 Å². The zero-order chi connectivity index (χ0) is 13.6. The number of hydrogen-bond donors (Lipinski definition) is 1. The fourth-order valence-corrected chi connectivity index (χ4v) is 1.96. The molecule has 1 N–H and O–H groups in total. The topological polar surface area (TPSA) is 34.1 Å². The lowest BCUT2D eigenvalue weighted by molar-refractivity contribution is 0.128. The van der Waals surface area contributed by atoms with E-state index in [2.05, 4.69) is 29.4 Å². The summed E-state index contributed by atoms with van der Waals surface area (Å²) >= 11 is 0. The monoisotopic (exact) mass is 264 g/mol. The number of pyridine rings is 1. The Morgan fingerprint density at radius 3 is 2.58 bits per heavy atom. The predicted octanol–water partition coefficient (Wildman–Crippen LogP) is 3.20. The van der Waals surface area contributed by atoms with Gasteiger partial charge in [0.05, 0.1) is 0 Å². The van der Waals surface area contributed by atoms with Crippen molar-refractivity contribution in [3.63, 3.8) is 0 Å². The van der Waals surface area contributed by atoms with Crippen molar-refractivity contribution in [3.05, 3.63) is 30.1 Å². The lowest BCUT2D eigenvalue weighted by Crippen LogP contribution is -2.15. The maximum atomic E-state index is 5.65. The summed E-state index contributed by atoms with van der Waals surface area (Å²) < 4.78 is 5.65. The molecule has 108 valence electrons. The third-order valence-electron chi connectivity index (χ3n) is 3.07. The average Bonchev–Trinajstić information content (AvgIpc) is 2.46. The first kappa shape index (κ1) is 16.1. The van der Waals surface area contributed by atoms with Crippen LogP contribution in [-0.2, 0) is 11.2 Å². The smallest absolute Gasteiger partial charge is 0.0469 e. The van der Waals surface area contributed by atoms with Gasteiger partial charge in [0, 0.05) is 25.6 Å². The van der Waals surface area contributed by atoms with Crippen LogP contribution in [0.5, 0.6) is 0 Å². The number of ether oxygens (including phenoxy) is 1. The Morgan fingerprint density at radius 2 is 1.79 bits per heavy atom. The molecule has 0 aliphatic carbocycles. The van der Waals surface area contributed by atoms with E-state index >= 15 is 0 Å². The van der Waals surface area contributed by atoms with E-state index in [1.807, 2.05) is 12.4 Å². The van der Waals surface area contributed by atoms with Crippen LogP contribution in [0.15, 0.2) is 24.5 Å². The summed E-state index contributed by atoms with van der Waals surface area (Å²) in [6.45, 7) is 6.27. The highest BCUT2D eigenvalue weighted by Crippen LogP contribution is 2.01. The van der Waals surface area contributed by atoms with Crippen molar-refractivity contribution in [1.82, 2.24) is 10.3 Å². The fraction of sp³-hybridized carbons (Fsp3) is 0.688. The van der Waals surface area contributed by atoms with Crippen LogP contribution in [0.1, 0.15) is 44.6 Å². The van der Waals surface area contributed by atoms with Gasteiger partial charge in [-0.25, -0.2) is 0 Å². The Bertz CT molecular complexity index is 290. The van der Waals surface area contributed by atoms with Gasteiger partial charge >= 0.3 is 0 Å². The molecule has 3 nitrogen and oxygen atoms in total. The molecule has 0 atom stereocenters. The molecule has 0 aliphatic rings. The highest BCUT2D eigenvalue weighted by molar-refractivity contribution is 5.09. The summed E-state index contributed by atoms with van der Waals surface area (Å²) in [5.74, 6) is 0. The number of nitrogens with one attached hydrogen (secondary N) is 1. The van der Waals surface area contributed by atoms with Gasteiger partial charge in [-0.2, -0.15) is 0 Å². The summed E-state index contributed by atoms with van der Waals surface area (Å²) in [6.07, 6.45) is 10.8. The van der Waals surface area contributed by atoms with Crippen molar-refractivity contribution >= 4 is 0 Å². The number of unbranched alkanes of at least 4 members (excludes halogenated alkanes) is 2. The minimum absolute atomic E-state index is 0.871. The van der Waals surface area contributed by atoms with Crippen LogP contribution >= 0.6 is 0 Å². The molecule has 1 aromatic heterocycles. The molecule has 0 aromatic carbocycles. The number of rotatable bonds is 12. The number of aryl methyl sites for hydroxylation is 1. The van der Waals surface area contributed by atoms with Gasteiger partial charge in [-0.15, -0.1) is 0 Å². The van der Waals surface area contributed by atoms with Crippen LogP contribution in [-0.4, -0.2) is 31.3 Å². The van der Waals surface area contributed by atoms with Gasteiger partial charge in [0.25, 0.3) is 0 Å². The van der Waals surface area contributed by atoms with E-state index < -0.39 is 0 Å². The quantitative estimate of drug-likeness (QED) is 0.589. The fourth-order valence-electron chi connectivity index (χ4n) is 1.96. The van der Waals surface area contributed by atoms with Crippen molar-refractivity contribution in [2.45, 2.75) is 45.4 Å². The molecule has 0 bridgehead atoms. The molecule has 0 radical (unpaired) electrons. The van der Waals surface area contributed by atoms with Crippen LogP contribution in [0, 0.1) is 0 Å². The first-order valence-corrected chi connectivity index (χ1v) is 7.61. The van der Waals surface area contributed by atoms with E-state index in [1.165, 1.54) is 31.2 Å². The Morgan fingerprint density at radius 1 is 1.00 bits per heavy atom. The largest absolute Gasteiger partial charge is 0.381 e. The molecule has 3 heteroatoms. The van der Waals surface area contributed by atoms with E-state index in [9.17, 15) is 0 Å². The standard InChI is InChI=1S/C16H28N2O/c1-2-10-17-11-4-3-5-14-19-15-6-7-16-8-12-18-13-9-16/h8-9,12-13,17H,2-7,10-11,14-15H2,1H3. The van der Waals surface area contributed by atoms with E-state index in [0.717, 1.165) is 39.1 Å². The Hall–Kier alpha value is -0.930.